The number of aliphatic imine (C=N–C) groups is 1. The van der Waals surface area contributed by atoms with Crippen LogP contribution in [0.25, 0.3) is 0 Å². The summed E-state index contributed by atoms with van der Waals surface area (Å²) in [5, 5.41) is 3.89. The predicted molar refractivity (Wildman–Crippen MR) is 160 cm³/mol. The van der Waals surface area contributed by atoms with Crippen LogP contribution in [0.5, 0.6) is 0 Å². The zero-order valence-corrected chi connectivity index (χ0v) is 23.8. The van der Waals surface area contributed by atoms with Crippen LogP contribution in [0.15, 0.2) is 43.0 Å². The lowest BCUT2D eigenvalue weighted by Crippen LogP contribution is -2.28. The van der Waals surface area contributed by atoms with E-state index >= 15 is 0 Å². The molecule has 3 rings (SSSR count). The van der Waals surface area contributed by atoms with Gasteiger partial charge in [-0.1, -0.05) is 32.4 Å². The molecular formula is C24H33Cl2N5O2S2. The highest BCUT2D eigenvalue weighted by Gasteiger charge is 2.22. The summed E-state index contributed by atoms with van der Waals surface area (Å²) in [6.45, 7) is 8.58. The van der Waals surface area contributed by atoms with Crippen molar-refractivity contribution in [3.63, 3.8) is 0 Å². The second-order valence-electron chi connectivity index (χ2n) is 8.04. The van der Waals surface area contributed by atoms with Crippen LogP contribution in [0.4, 0.5) is 5.69 Å². The lowest BCUT2D eigenvalue weighted by Gasteiger charge is -2.17. The van der Waals surface area contributed by atoms with Crippen LogP contribution in [0.3, 0.4) is 0 Å². The Kier molecular flexibility index (Phi) is 11.5. The van der Waals surface area contributed by atoms with Gasteiger partial charge >= 0.3 is 0 Å². The van der Waals surface area contributed by atoms with Gasteiger partial charge in [0.15, 0.2) is 16.9 Å². The highest BCUT2D eigenvalue weighted by molar-refractivity contribution is 8.26. The molecule has 11 heteroatoms. The molecule has 1 aliphatic heterocycles. The smallest absolute Gasteiger partial charge is 0.193 e. The van der Waals surface area contributed by atoms with Crippen molar-refractivity contribution >= 4 is 77.5 Å². The molecule has 0 radical (unpaired) electrons. The molecule has 0 fully saturated rings. The maximum absolute atomic E-state index is 12.8. The molecule has 0 amide bonds. The van der Waals surface area contributed by atoms with Crippen LogP contribution in [0.2, 0.25) is 10.2 Å². The van der Waals surface area contributed by atoms with Crippen molar-refractivity contribution in [3.05, 3.63) is 45.8 Å². The largest absolute Gasteiger partial charge is 0.448 e. The van der Waals surface area contributed by atoms with E-state index < -0.39 is 19.3 Å². The second kappa shape index (κ2) is 13.1. The summed E-state index contributed by atoms with van der Waals surface area (Å²) in [4.78, 5) is 4.94. The Labute approximate surface area is 220 Å². The van der Waals surface area contributed by atoms with Gasteiger partial charge in [0.1, 0.15) is 5.76 Å². The van der Waals surface area contributed by atoms with E-state index in [4.69, 9.17) is 27.6 Å². The van der Waals surface area contributed by atoms with Gasteiger partial charge in [0.2, 0.25) is 0 Å². The molecule has 1 aliphatic rings. The Morgan fingerprint density at radius 3 is 2.34 bits per heavy atom. The third kappa shape index (κ3) is 8.98. The summed E-state index contributed by atoms with van der Waals surface area (Å²) in [6.07, 6.45) is 8.00. The molecule has 1 aromatic heterocycles. The molecule has 0 saturated carbocycles. The number of amidine groups is 2. The minimum absolute atomic E-state index is 0.266. The molecule has 3 N–H and O–H groups in total. The maximum atomic E-state index is 12.8. The Balaban J connectivity index is 0.000000926. The third-order valence-electron chi connectivity index (χ3n) is 4.07. The molecule has 0 spiro atoms. The lowest BCUT2D eigenvalue weighted by molar-refractivity contribution is 0.514. The molecule has 0 bridgehead atoms. The Hall–Kier alpha value is -2.35. The highest BCUT2D eigenvalue weighted by atomic mass is 35.5. The Morgan fingerprint density at radius 2 is 1.83 bits per heavy atom. The lowest BCUT2D eigenvalue weighted by atomic mass is 10.2. The van der Waals surface area contributed by atoms with Crippen molar-refractivity contribution < 1.29 is 8.63 Å². The van der Waals surface area contributed by atoms with Gasteiger partial charge < -0.3 is 14.5 Å². The number of nitrogens with zero attached hydrogens (tertiary/aromatic N) is 2. The zero-order valence-electron chi connectivity index (χ0n) is 20.7. The number of halogens is 2. The van der Waals surface area contributed by atoms with Crippen LogP contribution in [-0.2, 0) is 16.3 Å². The van der Waals surface area contributed by atoms with Crippen molar-refractivity contribution in [1.82, 2.24) is 9.44 Å². The highest BCUT2D eigenvalue weighted by Crippen LogP contribution is 2.31. The number of benzene rings is 1. The first-order chi connectivity index (χ1) is 16.3. The molecule has 0 saturated heterocycles. The SMILES string of the molecule is C#C.C=S1(=C)N=C(Nc2ccc(Cl)c(S(=C)(=O)NC)c2C)C(=NCc2ccc(Cl)o2)N1.CC(C)C. The fourth-order valence-corrected chi connectivity index (χ4v) is 5.66. The Bertz CT molecular complexity index is 1320. The van der Waals surface area contributed by atoms with E-state index in [-0.39, 0.29) is 6.54 Å². The summed E-state index contributed by atoms with van der Waals surface area (Å²) >= 11 is 12.1. The summed E-state index contributed by atoms with van der Waals surface area (Å²) in [7, 11) is -3.12. The molecule has 2 aromatic rings. The molecular weight excluding hydrogens is 525 g/mol. The van der Waals surface area contributed by atoms with Crippen LogP contribution in [0, 0.1) is 25.7 Å². The van der Waals surface area contributed by atoms with Gasteiger partial charge in [0, 0.05) is 5.69 Å². The minimum Gasteiger partial charge on any atom is -0.448 e. The van der Waals surface area contributed by atoms with Crippen molar-refractivity contribution in [2.24, 2.45) is 15.3 Å². The summed E-state index contributed by atoms with van der Waals surface area (Å²) < 4.78 is 28.5. The standard InChI is InChI=1S/C18H21Cl2N5O2S2.C4H10.C2H2/c1-11-14(8-7-13(19)16(11)29(5,26)21-2)23-18-17(24-28(3,4)25-18)22-10-12-6-9-15(20)27-12;1-4(2)3;1-2/h6-9H,3-5,10H2,1-2H3,(H,21,26)(H,22,24)(H,23,25);4H,1-3H3;1-2H. The number of terminal acetylenes is 1. The number of furan rings is 1. The van der Waals surface area contributed by atoms with Crippen molar-refractivity contribution in [3.8, 4) is 12.8 Å². The normalized spacial score (nSPS) is 16.7. The maximum Gasteiger partial charge on any atom is 0.193 e. The number of rotatable bonds is 5. The average molecular weight is 559 g/mol. The quantitative estimate of drug-likeness (QED) is 0.333. The predicted octanol–water partition coefficient (Wildman–Crippen LogP) is 5.53. The van der Waals surface area contributed by atoms with E-state index in [1.807, 2.05) is 6.92 Å². The van der Waals surface area contributed by atoms with Crippen LogP contribution < -0.4 is 14.8 Å². The summed E-state index contributed by atoms with van der Waals surface area (Å²) in [5.41, 5.74) is 1.36. The van der Waals surface area contributed by atoms with Crippen LogP contribution in [-0.4, -0.2) is 40.5 Å². The number of hydrogen-bond donors (Lipinski definition) is 3. The van der Waals surface area contributed by atoms with E-state index in [1.165, 1.54) is 0 Å². The molecule has 1 unspecified atom stereocenters. The molecule has 1 atom stereocenters. The number of nitrogens with one attached hydrogen (secondary N) is 3. The van der Waals surface area contributed by atoms with Gasteiger partial charge in [0.05, 0.1) is 26.2 Å². The van der Waals surface area contributed by atoms with Crippen molar-refractivity contribution in [2.45, 2.75) is 39.1 Å². The van der Waals surface area contributed by atoms with Gasteiger partial charge in [-0.3, -0.25) is 4.99 Å². The molecule has 2 heterocycles. The molecule has 0 aliphatic carbocycles. The number of anilines is 1. The van der Waals surface area contributed by atoms with Crippen molar-refractivity contribution in [2.75, 3.05) is 12.4 Å². The molecule has 7 nitrogen and oxygen atoms in total. The first-order valence-corrected chi connectivity index (χ1v) is 14.8. The fraction of sp³-hybridized carbons (Fsp3) is 0.292. The first kappa shape index (κ1) is 30.7. The van der Waals surface area contributed by atoms with E-state index in [1.54, 1.807) is 31.3 Å². The van der Waals surface area contributed by atoms with E-state index in [0.717, 1.165) is 5.92 Å². The topological polar surface area (TPSA) is 91.0 Å². The van der Waals surface area contributed by atoms with Crippen LogP contribution >= 0.6 is 32.8 Å². The monoisotopic (exact) mass is 557 g/mol. The first-order valence-electron chi connectivity index (χ1n) is 10.4. The minimum atomic E-state index is -2.75. The zero-order chi connectivity index (χ0) is 27.0. The van der Waals surface area contributed by atoms with Gasteiger partial charge in [-0.05, 0) is 88.5 Å². The summed E-state index contributed by atoms with van der Waals surface area (Å²) in [6, 6.07) is 6.84. The molecule has 192 valence electrons. The van der Waals surface area contributed by atoms with Gasteiger partial charge in [-0.15, -0.1) is 12.8 Å². The average Bonchev–Trinajstić information content (AvgIpc) is 3.31. The van der Waals surface area contributed by atoms with Gasteiger partial charge in [0.25, 0.3) is 0 Å². The van der Waals surface area contributed by atoms with E-state index in [0.29, 0.717) is 43.8 Å². The molecule has 1 aromatic carbocycles. The van der Waals surface area contributed by atoms with Gasteiger partial charge in [-0.2, -0.15) is 4.40 Å². The Morgan fingerprint density at radius 1 is 1.23 bits per heavy atom. The summed E-state index contributed by atoms with van der Waals surface area (Å²) in [5.74, 6) is 14.2. The van der Waals surface area contributed by atoms with Crippen molar-refractivity contribution in [1.29, 1.82) is 0 Å². The van der Waals surface area contributed by atoms with Crippen LogP contribution in [0.1, 0.15) is 32.1 Å². The van der Waals surface area contributed by atoms with Gasteiger partial charge in [-0.25, -0.2) is 8.93 Å². The third-order valence-corrected chi connectivity index (χ3v) is 7.65. The molecule has 35 heavy (non-hydrogen) atoms. The van der Waals surface area contributed by atoms with E-state index in [9.17, 15) is 4.21 Å². The fourth-order valence-electron chi connectivity index (χ4n) is 2.68. The second-order valence-corrected chi connectivity index (χ2v) is 13.1. The number of hydrogen-bond acceptors (Lipinski definition) is 5. The van der Waals surface area contributed by atoms with E-state index in [2.05, 4.69) is 75.4 Å².